The van der Waals surface area contributed by atoms with Gasteiger partial charge in [-0.25, -0.2) is 5.11 Å². The van der Waals surface area contributed by atoms with E-state index >= 15 is 0 Å². The van der Waals surface area contributed by atoms with Gasteiger partial charge < -0.3 is 0 Å². The van der Waals surface area contributed by atoms with Crippen molar-refractivity contribution in [3.05, 3.63) is 82.4 Å². The molecule has 0 amide bonds. The van der Waals surface area contributed by atoms with Crippen molar-refractivity contribution in [2.75, 3.05) is 0 Å². The van der Waals surface area contributed by atoms with Crippen LogP contribution in [-0.4, -0.2) is 0 Å². The zero-order valence-corrected chi connectivity index (χ0v) is 11.2. The summed E-state index contributed by atoms with van der Waals surface area (Å²) in [5.41, 5.74) is 7.55. The van der Waals surface area contributed by atoms with Crippen LogP contribution in [0.25, 0.3) is 11.6 Å². The lowest BCUT2D eigenvalue weighted by Gasteiger charge is -2.29. The van der Waals surface area contributed by atoms with E-state index in [1.807, 2.05) is 6.07 Å². The molecule has 2 aromatic rings. The molecular weight excluding hydrogens is 244 g/mol. The largest absolute Gasteiger partial charge is 0.232 e. The second kappa shape index (κ2) is 4.46. The normalized spacial score (nSPS) is 18.9. The summed E-state index contributed by atoms with van der Waals surface area (Å²) in [5, 5.41) is 11.1. The second-order valence-corrected chi connectivity index (χ2v) is 5.47. The molecule has 97 valence electrons. The van der Waals surface area contributed by atoms with Crippen LogP contribution in [0.1, 0.15) is 33.7 Å². The van der Waals surface area contributed by atoms with Crippen molar-refractivity contribution in [3.63, 3.8) is 0 Å². The Balaban J connectivity index is 1.87. The Hall–Kier alpha value is -2.12. The molecule has 1 atom stereocenters. The summed E-state index contributed by atoms with van der Waals surface area (Å²) in [5.74, 6) is 0.306. The van der Waals surface area contributed by atoms with Crippen molar-refractivity contribution in [1.29, 1.82) is 0 Å². The Morgan fingerprint density at radius 1 is 1.10 bits per heavy atom. The molecule has 1 nitrogen and oxygen atoms in total. The average molecular weight is 259 g/mol. The van der Waals surface area contributed by atoms with Gasteiger partial charge in [0, 0.05) is 5.92 Å². The summed E-state index contributed by atoms with van der Waals surface area (Å²) in [4.78, 5) is 0. The van der Waals surface area contributed by atoms with E-state index < -0.39 is 0 Å². The number of fused-ring (bicyclic) bond motifs is 5. The predicted octanol–water partition coefficient (Wildman–Crippen LogP) is 4.37. The Morgan fingerprint density at radius 3 is 2.90 bits per heavy atom. The first kappa shape index (κ1) is 11.7. The summed E-state index contributed by atoms with van der Waals surface area (Å²) in [7, 11) is 0. The Labute approximate surface area is 118 Å². The first-order valence-corrected chi connectivity index (χ1v) is 7.04. The van der Waals surface area contributed by atoms with Gasteiger partial charge in [0.05, 0.1) is 0 Å². The molecule has 1 heteroatoms. The average Bonchev–Trinajstić information content (AvgIpc) is 2.53. The van der Waals surface area contributed by atoms with Crippen LogP contribution in [0, 0.1) is 0 Å². The first-order valence-electron chi connectivity index (χ1n) is 7.04. The van der Waals surface area contributed by atoms with Gasteiger partial charge in [-0.3, -0.25) is 0 Å². The van der Waals surface area contributed by atoms with Crippen molar-refractivity contribution in [3.8, 4) is 0 Å². The van der Waals surface area contributed by atoms with Crippen molar-refractivity contribution < 1.29 is 5.11 Å². The van der Waals surface area contributed by atoms with E-state index in [4.69, 9.17) is 0 Å². The van der Waals surface area contributed by atoms with Crippen LogP contribution in [0.5, 0.6) is 0 Å². The number of benzene rings is 2. The number of hydrogen-bond donors (Lipinski definition) is 0. The minimum atomic E-state index is -0.140. The van der Waals surface area contributed by atoms with E-state index in [-0.39, 0.29) is 6.61 Å². The van der Waals surface area contributed by atoms with Gasteiger partial charge >= 0.3 is 0 Å². The molecule has 20 heavy (non-hydrogen) atoms. The van der Waals surface area contributed by atoms with Gasteiger partial charge in [0.25, 0.3) is 0 Å². The van der Waals surface area contributed by atoms with Crippen LogP contribution in [-0.2, 0) is 18.1 Å². The quantitative estimate of drug-likeness (QED) is 0.725. The summed E-state index contributed by atoms with van der Waals surface area (Å²) in [6, 6.07) is 14.7. The minimum absolute atomic E-state index is 0.140. The van der Waals surface area contributed by atoms with Crippen molar-refractivity contribution >= 4 is 11.6 Å². The van der Waals surface area contributed by atoms with Crippen LogP contribution in [0.2, 0.25) is 0 Å². The fourth-order valence-electron chi connectivity index (χ4n) is 3.31. The molecule has 1 unspecified atom stereocenters. The molecular formula is C19H15O. The molecule has 0 spiro atoms. The molecule has 1 radical (unpaired) electrons. The van der Waals surface area contributed by atoms with E-state index in [0.717, 1.165) is 12.0 Å². The molecule has 0 N–H and O–H groups in total. The fourth-order valence-corrected chi connectivity index (χ4v) is 3.31. The molecule has 0 saturated heterocycles. The molecule has 2 aliphatic rings. The van der Waals surface area contributed by atoms with E-state index in [0.29, 0.717) is 5.92 Å². The molecule has 0 bridgehead atoms. The lowest BCUT2D eigenvalue weighted by molar-refractivity contribution is 0.177. The summed E-state index contributed by atoms with van der Waals surface area (Å²) >= 11 is 0. The van der Waals surface area contributed by atoms with E-state index in [9.17, 15) is 5.11 Å². The van der Waals surface area contributed by atoms with E-state index in [1.54, 1.807) is 0 Å². The second-order valence-electron chi connectivity index (χ2n) is 5.47. The van der Waals surface area contributed by atoms with Gasteiger partial charge in [-0.05, 0) is 39.8 Å². The van der Waals surface area contributed by atoms with Crippen LogP contribution in [0.15, 0.2) is 54.6 Å². The van der Waals surface area contributed by atoms with Gasteiger partial charge in [-0.1, -0.05) is 60.7 Å². The van der Waals surface area contributed by atoms with Gasteiger partial charge in [-0.15, -0.1) is 0 Å². The number of hydrogen-bond acceptors (Lipinski definition) is 0. The smallest absolute Gasteiger partial charge is 0.107 e. The molecule has 0 aliphatic heterocycles. The highest BCUT2D eigenvalue weighted by Crippen LogP contribution is 2.43. The van der Waals surface area contributed by atoms with Crippen molar-refractivity contribution in [2.45, 2.75) is 18.9 Å². The maximum absolute atomic E-state index is 11.1. The predicted molar refractivity (Wildman–Crippen MR) is 80.7 cm³/mol. The molecule has 2 aliphatic carbocycles. The van der Waals surface area contributed by atoms with Gasteiger partial charge in [-0.2, -0.15) is 0 Å². The standard InChI is InChI=1S/C19H15O/c20-12-13-5-6-15-8-9-17-16-4-2-1-3-14(16)7-10-18(17)19(15)11-13/h1-7,9-11,18H,8,12H2. The molecule has 0 aromatic heterocycles. The van der Waals surface area contributed by atoms with Crippen molar-refractivity contribution in [1.82, 2.24) is 0 Å². The molecule has 2 aromatic carbocycles. The van der Waals surface area contributed by atoms with Gasteiger partial charge in [0.15, 0.2) is 0 Å². The van der Waals surface area contributed by atoms with Crippen LogP contribution < -0.4 is 0 Å². The maximum atomic E-state index is 11.1. The van der Waals surface area contributed by atoms with Crippen LogP contribution in [0.4, 0.5) is 0 Å². The van der Waals surface area contributed by atoms with Crippen molar-refractivity contribution in [2.24, 2.45) is 0 Å². The Morgan fingerprint density at radius 2 is 2.00 bits per heavy atom. The molecule has 0 heterocycles. The highest BCUT2D eigenvalue weighted by atomic mass is 16.3. The lowest BCUT2D eigenvalue weighted by atomic mass is 9.75. The third-order valence-corrected chi connectivity index (χ3v) is 4.33. The summed E-state index contributed by atoms with van der Waals surface area (Å²) in [6.07, 6.45) is 7.77. The monoisotopic (exact) mass is 259 g/mol. The lowest BCUT2D eigenvalue weighted by Crippen LogP contribution is -2.12. The third-order valence-electron chi connectivity index (χ3n) is 4.33. The summed E-state index contributed by atoms with van der Waals surface area (Å²) in [6.45, 7) is -0.140. The minimum Gasteiger partial charge on any atom is -0.232 e. The van der Waals surface area contributed by atoms with E-state index in [1.165, 1.54) is 27.8 Å². The highest BCUT2D eigenvalue weighted by Gasteiger charge is 2.26. The Kier molecular flexibility index (Phi) is 2.61. The van der Waals surface area contributed by atoms with Gasteiger partial charge in [0.2, 0.25) is 0 Å². The molecule has 4 rings (SSSR count). The molecule has 0 saturated carbocycles. The highest BCUT2D eigenvalue weighted by molar-refractivity contribution is 5.85. The fraction of sp³-hybridized carbons (Fsp3) is 0.158. The SMILES string of the molecule is [O]Cc1ccc2c(c1)C1C=Cc3ccccc3C1=CC2. The topological polar surface area (TPSA) is 19.9 Å². The summed E-state index contributed by atoms with van der Waals surface area (Å²) < 4.78 is 0. The van der Waals surface area contributed by atoms with Crippen LogP contribution >= 0.6 is 0 Å². The molecule has 0 fully saturated rings. The first-order chi connectivity index (χ1) is 9.86. The van der Waals surface area contributed by atoms with Gasteiger partial charge in [0.1, 0.15) is 6.61 Å². The maximum Gasteiger partial charge on any atom is 0.107 e. The Bertz CT molecular complexity index is 737. The zero-order valence-electron chi connectivity index (χ0n) is 11.2. The number of allylic oxidation sites excluding steroid dienone is 3. The van der Waals surface area contributed by atoms with E-state index in [2.05, 4.69) is 54.6 Å². The number of rotatable bonds is 1. The third kappa shape index (κ3) is 1.67. The van der Waals surface area contributed by atoms with Crippen LogP contribution in [0.3, 0.4) is 0 Å². The zero-order chi connectivity index (χ0) is 13.5.